The first-order chi connectivity index (χ1) is 15.5. The highest BCUT2D eigenvalue weighted by Gasteiger charge is 2.36. The standard InChI is InChI=1S/C16H19NO3.C9H10O3/c1-19-14-4-3-11(10-15(14)20-2)9-13-16(18)12-5-7-17(13)8-6-12;1-11-8-4-3-7(6-10)5-9(8)12-2/h3-4,9-10,12H,5-8H2,1-2H3;3-6H,1-2H3/b13-9+;. The van der Waals surface area contributed by atoms with Crippen molar-refractivity contribution in [3.63, 3.8) is 0 Å². The highest BCUT2D eigenvalue weighted by atomic mass is 16.5. The average molecular weight is 440 g/mol. The van der Waals surface area contributed by atoms with Crippen LogP contribution in [0.2, 0.25) is 0 Å². The van der Waals surface area contributed by atoms with E-state index in [1.165, 1.54) is 7.11 Å². The maximum absolute atomic E-state index is 12.3. The lowest BCUT2D eigenvalue weighted by Crippen LogP contribution is -2.45. The van der Waals surface area contributed by atoms with Crippen molar-refractivity contribution in [2.24, 2.45) is 5.92 Å². The summed E-state index contributed by atoms with van der Waals surface area (Å²) in [5.41, 5.74) is 2.39. The van der Waals surface area contributed by atoms with Crippen molar-refractivity contribution in [3.05, 3.63) is 53.2 Å². The molecule has 0 aromatic heterocycles. The fourth-order valence-electron chi connectivity index (χ4n) is 3.94. The molecule has 0 atom stereocenters. The Labute approximate surface area is 188 Å². The van der Waals surface area contributed by atoms with Gasteiger partial charge >= 0.3 is 0 Å². The molecule has 3 saturated heterocycles. The van der Waals surface area contributed by atoms with Crippen LogP contribution < -0.4 is 18.9 Å². The molecule has 7 nitrogen and oxygen atoms in total. The zero-order valence-electron chi connectivity index (χ0n) is 18.9. The number of piperidine rings is 3. The second-order valence-corrected chi connectivity index (χ2v) is 7.50. The summed E-state index contributed by atoms with van der Waals surface area (Å²) in [6.07, 6.45) is 4.74. The molecule has 7 heteroatoms. The number of carbonyl (C=O) groups excluding carboxylic acids is 2. The van der Waals surface area contributed by atoms with E-state index in [0.29, 0.717) is 28.6 Å². The second kappa shape index (κ2) is 10.7. The number of Topliss-reactive ketones (excluding diaryl/α,β-unsaturated/α-hetero) is 1. The Morgan fingerprint density at radius 3 is 1.75 bits per heavy atom. The molecule has 170 valence electrons. The van der Waals surface area contributed by atoms with Gasteiger partial charge in [0, 0.05) is 24.6 Å². The van der Waals surface area contributed by atoms with E-state index in [1.54, 1.807) is 39.5 Å². The summed E-state index contributed by atoms with van der Waals surface area (Å²) in [7, 11) is 6.32. The number of carbonyl (C=O) groups is 2. The van der Waals surface area contributed by atoms with Crippen LogP contribution in [-0.2, 0) is 4.79 Å². The quantitative estimate of drug-likeness (QED) is 0.500. The van der Waals surface area contributed by atoms with E-state index in [9.17, 15) is 9.59 Å². The number of allylic oxidation sites excluding steroid dienone is 1. The topological polar surface area (TPSA) is 74.3 Å². The number of aldehydes is 1. The number of methoxy groups -OCH3 is 4. The third-order valence-corrected chi connectivity index (χ3v) is 5.71. The van der Waals surface area contributed by atoms with Gasteiger partial charge in [-0.05, 0) is 54.8 Å². The molecule has 3 fully saturated rings. The van der Waals surface area contributed by atoms with Gasteiger partial charge in [0.25, 0.3) is 0 Å². The first kappa shape index (κ1) is 23.2. The molecule has 0 aliphatic carbocycles. The van der Waals surface area contributed by atoms with E-state index >= 15 is 0 Å². The summed E-state index contributed by atoms with van der Waals surface area (Å²) in [6.45, 7) is 1.99. The Morgan fingerprint density at radius 1 is 0.781 bits per heavy atom. The lowest BCUT2D eigenvalue weighted by atomic mass is 9.84. The number of nitrogens with zero attached hydrogens (tertiary/aromatic N) is 1. The second-order valence-electron chi connectivity index (χ2n) is 7.50. The van der Waals surface area contributed by atoms with Gasteiger partial charge in [-0.3, -0.25) is 9.59 Å². The zero-order valence-corrected chi connectivity index (χ0v) is 18.9. The highest BCUT2D eigenvalue weighted by Crippen LogP contribution is 2.34. The van der Waals surface area contributed by atoms with E-state index in [1.807, 2.05) is 24.3 Å². The fraction of sp³-hybridized carbons (Fsp3) is 0.360. The van der Waals surface area contributed by atoms with Gasteiger partial charge < -0.3 is 23.8 Å². The number of hydrogen-bond donors (Lipinski definition) is 0. The SMILES string of the molecule is COc1ccc(/C=C2\C(=O)C3CCN2CC3)cc1OC.COc1ccc(C=O)cc1OC. The molecule has 0 radical (unpaired) electrons. The van der Waals surface area contributed by atoms with Gasteiger partial charge in [-0.1, -0.05) is 6.07 Å². The van der Waals surface area contributed by atoms with Crippen LogP contribution in [0.3, 0.4) is 0 Å². The van der Waals surface area contributed by atoms with Crippen molar-refractivity contribution in [1.82, 2.24) is 4.90 Å². The Bertz CT molecular complexity index is 992. The summed E-state index contributed by atoms with van der Waals surface area (Å²) in [5.74, 6) is 3.10. The highest BCUT2D eigenvalue weighted by molar-refractivity contribution is 6.01. The molecule has 32 heavy (non-hydrogen) atoms. The molecular formula is C25H29NO6. The Kier molecular flexibility index (Phi) is 7.76. The van der Waals surface area contributed by atoms with Gasteiger partial charge in [0.05, 0.1) is 34.1 Å². The molecule has 0 unspecified atom stereocenters. The third kappa shape index (κ3) is 5.04. The van der Waals surface area contributed by atoms with E-state index in [2.05, 4.69) is 4.90 Å². The van der Waals surface area contributed by atoms with Crippen molar-refractivity contribution in [3.8, 4) is 23.0 Å². The van der Waals surface area contributed by atoms with Crippen LogP contribution in [0.4, 0.5) is 0 Å². The Balaban J connectivity index is 0.000000207. The normalized spacial score (nSPS) is 16.3. The van der Waals surface area contributed by atoms with Crippen molar-refractivity contribution >= 4 is 18.1 Å². The third-order valence-electron chi connectivity index (χ3n) is 5.71. The average Bonchev–Trinajstić information content (AvgIpc) is 2.86. The van der Waals surface area contributed by atoms with Crippen LogP contribution in [0.5, 0.6) is 23.0 Å². The molecule has 0 saturated carbocycles. The van der Waals surface area contributed by atoms with Crippen molar-refractivity contribution in [1.29, 1.82) is 0 Å². The predicted octanol–water partition coefficient (Wildman–Crippen LogP) is 3.86. The fourth-order valence-corrected chi connectivity index (χ4v) is 3.94. The Hall–Kier alpha value is -3.48. The molecule has 0 amide bonds. The van der Waals surface area contributed by atoms with Gasteiger partial charge in [0.1, 0.15) is 6.29 Å². The van der Waals surface area contributed by atoms with Crippen LogP contribution in [0.1, 0.15) is 28.8 Å². The van der Waals surface area contributed by atoms with Crippen molar-refractivity contribution < 1.29 is 28.5 Å². The van der Waals surface area contributed by atoms with Gasteiger partial charge in [-0.15, -0.1) is 0 Å². The molecule has 3 aliphatic heterocycles. The van der Waals surface area contributed by atoms with E-state index in [0.717, 1.165) is 43.5 Å². The Morgan fingerprint density at radius 2 is 1.28 bits per heavy atom. The number of fused-ring (bicyclic) bond motifs is 3. The minimum Gasteiger partial charge on any atom is -0.493 e. The number of ketones is 1. The minimum absolute atomic E-state index is 0.228. The van der Waals surface area contributed by atoms with Crippen molar-refractivity contribution in [2.75, 3.05) is 41.5 Å². The van der Waals surface area contributed by atoms with Crippen molar-refractivity contribution in [2.45, 2.75) is 12.8 Å². The monoisotopic (exact) mass is 439 g/mol. The minimum atomic E-state index is 0.228. The summed E-state index contributed by atoms with van der Waals surface area (Å²) in [6, 6.07) is 10.7. The van der Waals surface area contributed by atoms with Gasteiger partial charge in [-0.25, -0.2) is 0 Å². The van der Waals surface area contributed by atoms with Gasteiger partial charge in [-0.2, -0.15) is 0 Å². The number of ether oxygens (including phenoxy) is 4. The van der Waals surface area contributed by atoms with Crippen LogP contribution in [0.15, 0.2) is 42.1 Å². The van der Waals surface area contributed by atoms with E-state index < -0.39 is 0 Å². The van der Waals surface area contributed by atoms with Crippen LogP contribution in [-0.4, -0.2) is 58.5 Å². The molecule has 3 heterocycles. The molecule has 0 spiro atoms. The summed E-state index contributed by atoms with van der Waals surface area (Å²) < 4.78 is 20.5. The zero-order chi connectivity index (χ0) is 23.1. The molecule has 3 aliphatic rings. The maximum atomic E-state index is 12.3. The lowest BCUT2D eigenvalue weighted by Gasteiger charge is -2.41. The van der Waals surface area contributed by atoms with Crippen LogP contribution in [0.25, 0.3) is 6.08 Å². The molecule has 2 aromatic rings. The molecule has 0 N–H and O–H groups in total. The summed E-state index contributed by atoms with van der Waals surface area (Å²) in [5, 5.41) is 0. The first-order valence-corrected chi connectivity index (χ1v) is 10.4. The predicted molar refractivity (Wildman–Crippen MR) is 122 cm³/mol. The molecular weight excluding hydrogens is 410 g/mol. The maximum Gasteiger partial charge on any atom is 0.182 e. The smallest absolute Gasteiger partial charge is 0.182 e. The summed E-state index contributed by atoms with van der Waals surface area (Å²) in [4.78, 5) is 24.9. The molecule has 2 aromatic carbocycles. The summed E-state index contributed by atoms with van der Waals surface area (Å²) >= 11 is 0. The van der Waals surface area contributed by atoms with Gasteiger partial charge in [0.15, 0.2) is 28.8 Å². The van der Waals surface area contributed by atoms with E-state index in [-0.39, 0.29) is 11.7 Å². The number of benzene rings is 2. The van der Waals surface area contributed by atoms with Crippen LogP contribution >= 0.6 is 0 Å². The van der Waals surface area contributed by atoms with Gasteiger partial charge in [0.2, 0.25) is 0 Å². The largest absolute Gasteiger partial charge is 0.493 e. The first-order valence-electron chi connectivity index (χ1n) is 10.4. The van der Waals surface area contributed by atoms with Crippen LogP contribution in [0, 0.1) is 5.92 Å². The molecule has 2 bridgehead atoms. The number of rotatable bonds is 6. The van der Waals surface area contributed by atoms with E-state index in [4.69, 9.17) is 18.9 Å². The molecule has 5 rings (SSSR count). The number of hydrogen-bond acceptors (Lipinski definition) is 7. The lowest BCUT2D eigenvalue weighted by molar-refractivity contribution is -0.125.